The molecule has 17 heavy (non-hydrogen) atoms. The van der Waals surface area contributed by atoms with Crippen molar-refractivity contribution in [1.82, 2.24) is 19.6 Å². The SMILES string of the molecule is CCc1cnn(C2=CC3CN(C2)C(=O)N3C)c1. The van der Waals surface area contributed by atoms with Crippen LogP contribution in [-0.4, -0.2) is 51.8 Å². The molecule has 90 valence electrons. The first kappa shape index (κ1) is 10.4. The second-order valence-electron chi connectivity index (χ2n) is 4.65. The van der Waals surface area contributed by atoms with Crippen LogP contribution >= 0.6 is 0 Å². The third-order valence-corrected chi connectivity index (χ3v) is 3.55. The van der Waals surface area contributed by atoms with Crippen LogP contribution in [-0.2, 0) is 6.42 Å². The number of hydrogen-bond donors (Lipinski definition) is 0. The van der Waals surface area contributed by atoms with E-state index in [1.165, 1.54) is 5.56 Å². The molecule has 0 aliphatic carbocycles. The van der Waals surface area contributed by atoms with Crippen LogP contribution in [0.5, 0.6) is 0 Å². The van der Waals surface area contributed by atoms with Gasteiger partial charge in [-0.05, 0) is 18.1 Å². The minimum atomic E-state index is 0.115. The first-order chi connectivity index (χ1) is 8.19. The lowest BCUT2D eigenvalue weighted by molar-refractivity contribution is 0.201. The Kier molecular flexibility index (Phi) is 2.21. The van der Waals surface area contributed by atoms with Gasteiger partial charge in [0.25, 0.3) is 0 Å². The maximum absolute atomic E-state index is 11.8. The Balaban J connectivity index is 1.91. The zero-order valence-electron chi connectivity index (χ0n) is 10.1. The standard InChI is InChI=1S/C12H16N4O/c1-3-9-5-13-16(6-9)11-4-10-7-15(8-11)12(17)14(10)2/h4-6,10H,3,7-8H2,1-2H3. The van der Waals surface area contributed by atoms with Crippen LogP contribution in [0.2, 0.25) is 0 Å². The lowest BCUT2D eigenvalue weighted by Crippen LogP contribution is -2.31. The number of urea groups is 1. The fraction of sp³-hybridized carbons (Fsp3) is 0.500. The summed E-state index contributed by atoms with van der Waals surface area (Å²) in [4.78, 5) is 15.5. The highest BCUT2D eigenvalue weighted by Crippen LogP contribution is 2.24. The number of carbonyl (C=O) groups excluding carboxylic acids is 1. The molecule has 5 heteroatoms. The van der Waals surface area contributed by atoms with Gasteiger partial charge in [-0.25, -0.2) is 9.48 Å². The average molecular weight is 232 g/mol. The number of fused-ring (bicyclic) bond motifs is 2. The molecular weight excluding hydrogens is 216 g/mol. The van der Waals surface area contributed by atoms with Crippen LogP contribution in [0.25, 0.3) is 5.70 Å². The molecule has 0 radical (unpaired) electrons. The van der Waals surface area contributed by atoms with Gasteiger partial charge in [0.15, 0.2) is 0 Å². The fourth-order valence-corrected chi connectivity index (χ4v) is 2.41. The molecule has 0 saturated carbocycles. The van der Waals surface area contributed by atoms with Crippen LogP contribution in [0, 0.1) is 0 Å². The minimum Gasteiger partial charge on any atom is -0.319 e. The van der Waals surface area contributed by atoms with Gasteiger partial charge in [-0.15, -0.1) is 0 Å². The molecule has 1 fully saturated rings. The van der Waals surface area contributed by atoms with Gasteiger partial charge < -0.3 is 9.80 Å². The second-order valence-corrected chi connectivity index (χ2v) is 4.65. The third kappa shape index (κ3) is 1.53. The lowest BCUT2D eigenvalue weighted by atomic mass is 10.2. The number of carbonyl (C=O) groups is 1. The molecule has 2 aliphatic rings. The molecule has 2 bridgehead atoms. The van der Waals surface area contributed by atoms with E-state index in [4.69, 9.17) is 0 Å². The van der Waals surface area contributed by atoms with Crippen molar-refractivity contribution in [2.75, 3.05) is 20.1 Å². The topological polar surface area (TPSA) is 41.4 Å². The molecule has 3 rings (SSSR count). The molecule has 2 amide bonds. The molecule has 1 saturated heterocycles. The molecular formula is C12H16N4O. The van der Waals surface area contributed by atoms with Crippen molar-refractivity contribution in [3.05, 3.63) is 24.0 Å². The molecule has 2 aliphatic heterocycles. The molecule has 0 N–H and O–H groups in total. The molecule has 1 unspecified atom stereocenters. The number of amides is 2. The Labute approximate surface area is 100 Å². The summed E-state index contributed by atoms with van der Waals surface area (Å²) in [5.74, 6) is 0. The summed E-state index contributed by atoms with van der Waals surface area (Å²) in [7, 11) is 1.85. The Morgan fingerprint density at radius 2 is 2.35 bits per heavy atom. The van der Waals surface area contributed by atoms with Crippen molar-refractivity contribution < 1.29 is 4.79 Å². The predicted molar refractivity (Wildman–Crippen MR) is 64.4 cm³/mol. The maximum Gasteiger partial charge on any atom is 0.320 e. The first-order valence-corrected chi connectivity index (χ1v) is 5.95. The van der Waals surface area contributed by atoms with Crippen LogP contribution in [0.1, 0.15) is 12.5 Å². The summed E-state index contributed by atoms with van der Waals surface area (Å²) < 4.78 is 1.89. The highest BCUT2D eigenvalue weighted by Gasteiger charge is 2.37. The monoisotopic (exact) mass is 232 g/mol. The van der Waals surface area contributed by atoms with E-state index in [9.17, 15) is 4.79 Å². The van der Waals surface area contributed by atoms with Crippen LogP contribution in [0.4, 0.5) is 4.79 Å². The van der Waals surface area contributed by atoms with Crippen LogP contribution < -0.4 is 0 Å². The van der Waals surface area contributed by atoms with Crippen molar-refractivity contribution in [3.8, 4) is 0 Å². The zero-order chi connectivity index (χ0) is 12.0. The molecule has 1 aromatic rings. The number of aryl methyl sites for hydroxylation is 1. The van der Waals surface area contributed by atoms with Crippen molar-refractivity contribution in [1.29, 1.82) is 0 Å². The quantitative estimate of drug-likeness (QED) is 0.764. The van der Waals surface area contributed by atoms with E-state index in [0.717, 1.165) is 18.7 Å². The Hall–Kier alpha value is -1.78. The van der Waals surface area contributed by atoms with Crippen LogP contribution in [0.15, 0.2) is 18.5 Å². The molecule has 3 heterocycles. The summed E-state index contributed by atoms with van der Waals surface area (Å²) in [6.45, 7) is 3.58. The number of nitrogens with zero attached hydrogens (tertiary/aromatic N) is 4. The normalized spacial score (nSPS) is 23.3. The van der Waals surface area contributed by atoms with E-state index >= 15 is 0 Å². The van der Waals surface area contributed by atoms with E-state index < -0.39 is 0 Å². The van der Waals surface area contributed by atoms with Gasteiger partial charge in [-0.1, -0.05) is 6.92 Å². The smallest absolute Gasteiger partial charge is 0.319 e. The van der Waals surface area contributed by atoms with E-state index in [-0.39, 0.29) is 12.1 Å². The summed E-state index contributed by atoms with van der Waals surface area (Å²) in [6.07, 6.45) is 7.06. The van der Waals surface area contributed by atoms with Crippen molar-refractivity contribution in [2.24, 2.45) is 0 Å². The number of likely N-dealkylation sites (N-methyl/N-ethyl adjacent to an activating group) is 1. The zero-order valence-corrected chi connectivity index (χ0v) is 10.1. The highest BCUT2D eigenvalue weighted by molar-refractivity contribution is 5.80. The van der Waals surface area contributed by atoms with E-state index in [1.807, 2.05) is 29.0 Å². The Morgan fingerprint density at radius 1 is 1.53 bits per heavy atom. The number of hydrogen-bond acceptors (Lipinski definition) is 2. The highest BCUT2D eigenvalue weighted by atomic mass is 16.2. The molecule has 1 atom stereocenters. The summed E-state index contributed by atoms with van der Waals surface area (Å²) in [5.41, 5.74) is 2.32. The van der Waals surface area contributed by atoms with Gasteiger partial charge in [0.1, 0.15) is 0 Å². The van der Waals surface area contributed by atoms with Crippen molar-refractivity contribution in [3.63, 3.8) is 0 Å². The largest absolute Gasteiger partial charge is 0.320 e. The number of rotatable bonds is 2. The fourth-order valence-electron chi connectivity index (χ4n) is 2.41. The van der Waals surface area contributed by atoms with Gasteiger partial charge in [-0.2, -0.15) is 5.10 Å². The summed E-state index contributed by atoms with van der Waals surface area (Å²) in [5, 5.41) is 4.35. The van der Waals surface area contributed by atoms with Crippen molar-refractivity contribution in [2.45, 2.75) is 19.4 Å². The molecule has 5 nitrogen and oxygen atoms in total. The molecule has 1 aromatic heterocycles. The second kappa shape index (κ2) is 3.61. The summed E-state index contributed by atoms with van der Waals surface area (Å²) >= 11 is 0. The Morgan fingerprint density at radius 3 is 3.00 bits per heavy atom. The minimum absolute atomic E-state index is 0.115. The van der Waals surface area contributed by atoms with Crippen LogP contribution in [0.3, 0.4) is 0 Å². The Bertz CT molecular complexity index is 490. The first-order valence-electron chi connectivity index (χ1n) is 5.95. The van der Waals surface area contributed by atoms with Gasteiger partial charge in [-0.3, -0.25) is 0 Å². The lowest BCUT2D eigenvalue weighted by Gasteiger charge is -2.21. The van der Waals surface area contributed by atoms with Crippen molar-refractivity contribution >= 4 is 11.7 Å². The van der Waals surface area contributed by atoms with Gasteiger partial charge >= 0.3 is 6.03 Å². The maximum atomic E-state index is 11.8. The van der Waals surface area contributed by atoms with E-state index in [1.54, 1.807) is 4.90 Å². The average Bonchev–Trinajstić information content (AvgIpc) is 2.91. The van der Waals surface area contributed by atoms with E-state index in [2.05, 4.69) is 18.1 Å². The van der Waals surface area contributed by atoms with Gasteiger partial charge in [0.05, 0.1) is 24.5 Å². The predicted octanol–water partition coefficient (Wildman–Crippen LogP) is 1.04. The van der Waals surface area contributed by atoms with E-state index in [0.29, 0.717) is 6.54 Å². The summed E-state index contributed by atoms with van der Waals surface area (Å²) in [6, 6.07) is 0.310. The van der Waals surface area contributed by atoms with Gasteiger partial charge in [0.2, 0.25) is 0 Å². The third-order valence-electron chi connectivity index (χ3n) is 3.55. The molecule has 0 spiro atoms. The van der Waals surface area contributed by atoms with Gasteiger partial charge in [0, 0.05) is 19.8 Å². The molecule has 0 aromatic carbocycles. The number of aromatic nitrogens is 2.